The van der Waals surface area contributed by atoms with Crippen LogP contribution in [0.1, 0.15) is 21.6 Å². The van der Waals surface area contributed by atoms with E-state index in [4.69, 9.17) is 9.84 Å². The van der Waals surface area contributed by atoms with Gasteiger partial charge in [-0.15, -0.1) is 11.3 Å². The zero-order valence-electron chi connectivity index (χ0n) is 12.5. The summed E-state index contributed by atoms with van der Waals surface area (Å²) in [5, 5.41) is 11.1. The van der Waals surface area contributed by atoms with E-state index < -0.39 is 5.97 Å². The molecule has 0 aliphatic heterocycles. The summed E-state index contributed by atoms with van der Waals surface area (Å²) in [5.41, 5.74) is 3.29. The number of carboxylic acids is 1. The highest BCUT2D eigenvalue weighted by atomic mass is 32.1. The quantitative estimate of drug-likeness (QED) is 0.755. The van der Waals surface area contributed by atoms with Crippen LogP contribution in [0.15, 0.2) is 53.9 Å². The van der Waals surface area contributed by atoms with E-state index in [0.717, 1.165) is 16.9 Å². The largest absolute Gasteiger partial charge is 0.489 e. The number of rotatable bonds is 5. The molecule has 23 heavy (non-hydrogen) atoms. The molecular weight excluding hydrogens is 310 g/mol. The standard InChI is InChI=1S/C18H15NO3S/c1-12-3-2-4-13(9-12)10-22-15-7-5-14(6-8-15)17-19-16(11-23-17)18(20)21/h2-9,11H,10H2,1H3,(H,20,21). The van der Waals surface area contributed by atoms with E-state index >= 15 is 0 Å². The summed E-state index contributed by atoms with van der Waals surface area (Å²) in [4.78, 5) is 15.0. The number of nitrogens with zero attached hydrogens (tertiary/aromatic N) is 1. The van der Waals surface area contributed by atoms with Gasteiger partial charge in [-0.3, -0.25) is 0 Å². The van der Waals surface area contributed by atoms with Crippen molar-refractivity contribution >= 4 is 17.3 Å². The lowest BCUT2D eigenvalue weighted by Gasteiger charge is -2.07. The Morgan fingerprint density at radius 2 is 2.00 bits per heavy atom. The van der Waals surface area contributed by atoms with Gasteiger partial charge in [0.15, 0.2) is 5.69 Å². The van der Waals surface area contributed by atoms with Crippen LogP contribution in [0.25, 0.3) is 10.6 Å². The summed E-state index contributed by atoms with van der Waals surface area (Å²) in [6, 6.07) is 15.7. The van der Waals surface area contributed by atoms with Gasteiger partial charge in [-0.2, -0.15) is 0 Å². The second-order valence-corrected chi connectivity index (χ2v) is 6.00. The molecule has 3 aromatic rings. The van der Waals surface area contributed by atoms with E-state index in [9.17, 15) is 4.79 Å². The van der Waals surface area contributed by atoms with Gasteiger partial charge in [0.05, 0.1) is 0 Å². The molecule has 0 saturated carbocycles. The van der Waals surface area contributed by atoms with E-state index in [1.165, 1.54) is 16.9 Å². The molecule has 0 atom stereocenters. The van der Waals surface area contributed by atoms with Gasteiger partial charge in [0.1, 0.15) is 17.4 Å². The normalized spacial score (nSPS) is 10.5. The van der Waals surface area contributed by atoms with Crippen LogP contribution in [-0.2, 0) is 6.61 Å². The monoisotopic (exact) mass is 325 g/mol. The van der Waals surface area contributed by atoms with Crippen LogP contribution in [-0.4, -0.2) is 16.1 Å². The molecule has 5 heteroatoms. The lowest BCUT2D eigenvalue weighted by molar-refractivity contribution is 0.0691. The summed E-state index contributed by atoms with van der Waals surface area (Å²) in [7, 11) is 0. The summed E-state index contributed by atoms with van der Waals surface area (Å²) in [6.07, 6.45) is 0. The highest BCUT2D eigenvalue weighted by molar-refractivity contribution is 7.13. The average molecular weight is 325 g/mol. The maximum absolute atomic E-state index is 10.9. The number of aromatic carboxylic acids is 1. The number of carbonyl (C=O) groups is 1. The van der Waals surface area contributed by atoms with Gasteiger partial charge in [0.2, 0.25) is 0 Å². The van der Waals surface area contributed by atoms with Gasteiger partial charge in [0.25, 0.3) is 0 Å². The highest BCUT2D eigenvalue weighted by Crippen LogP contribution is 2.26. The molecule has 1 heterocycles. The summed E-state index contributed by atoms with van der Waals surface area (Å²) >= 11 is 1.32. The summed E-state index contributed by atoms with van der Waals surface area (Å²) < 4.78 is 5.77. The van der Waals surface area contributed by atoms with Crippen molar-refractivity contribution in [2.24, 2.45) is 0 Å². The van der Waals surface area contributed by atoms with Gasteiger partial charge in [-0.25, -0.2) is 9.78 Å². The van der Waals surface area contributed by atoms with Gasteiger partial charge in [-0.05, 0) is 36.8 Å². The third-order valence-electron chi connectivity index (χ3n) is 3.31. The molecule has 0 unspecified atom stereocenters. The molecule has 0 aliphatic carbocycles. The highest BCUT2D eigenvalue weighted by Gasteiger charge is 2.10. The zero-order chi connectivity index (χ0) is 16.2. The van der Waals surface area contributed by atoms with Crippen molar-refractivity contribution in [3.8, 4) is 16.3 Å². The summed E-state index contributed by atoms with van der Waals surface area (Å²) in [5.74, 6) is -0.240. The maximum atomic E-state index is 10.9. The Morgan fingerprint density at radius 3 is 2.65 bits per heavy atom. The van der Waals surface area contributed by atoms with Gasteiger partial charge in [-0.1, -0.05) is 29.8 Å². The minimum atomic E-state index is -1.01. The molecule has 3 rings (SSSR count). The number of thiazole rings is 1. The number of ether oxygens (including phenoxy) is 1. The molecule has 116 valence electrons. The molecule has 0 saturated heterocycles. The minimum Gasteiger partial charge on any atom is -0.489 e. The number of aryl methyl sites for hydroxylation is 1. The Morgan fingerprint density at radius 1 is 1.22 bits per heavy atom. The topological polar surface area (TPSA) is 59.4 Å². The van der Waals surface area contributed by atoms with Crippen molar-refractivity contribution in [1.82, 2.24) is 4.98 Å². The Balaban J connectivity index is 1.68. The van der Waals surface area contributed by atoms with Crippen molar-refractivity contribution in [2.75, 3.05) is 0 Å². The fraction of sp³-hybridized carbons (Fsp3) is 0.111. The van der Waals surface area contributed by atoms with E-state index in [-0.39, 0.29) is 5.69 Å². The first-order valence-corrected chi connectivity index (χ1v) is 7.97. The summed E-state index contributed by atoms with van der Waals surface area (Å²) in [6.45, 7) is 2.57. The van der Waals surface area contributed by atoms with Crippen LogP contribution in [0.5, 0.6) is 5.75 Å². The van der Waals surface area contributed by atoms with Gasteiger partial charge < -0.3 is 9.84 Å². The molecule has 1 N–H and O–H groups in total. The van der Waals surface area contributed by atoms with Crippen LogP contribution < -0.4 is 4.74 Å². The zero-order valence-corrected chi connectivity index (χ0v) is 13.3. The molecular formula is C18H15NO3S. The molecule has 0 radical (unpaired) electrons. The van der Waals surface area contributed by atoms with Crippen LogP contribution in [0.2, 0.25) is 0 Å². The Kier molecular flexibility index (Phi) is 4.39. The fourth-order valence-electron chi connectivity index (χ4n) is 2.17. The number of hydrogen-bond acceptors (Lipinski definition) is 4. The van der Waals surface area contributed by atoms with Crippen LogP contribution in [0, 0.1) is 6.92 Å². The fourth-order valence-corrected chi connectivity index (χ4v) is 2.97. The molecule has 4 nitrogen and oxygen atoms in total. The lowest BCUT2D eigenvalue weighted by Crippen LogP contribution is -1.96. The predicted molar refractivity (Wildman–Crippen MR) is 90.0 cm³/mol. The van der Waals surface area contributed by atoms with Crippen LogP contribution >= 0.6 is 11.3 Å². The third-order valence-corrected chi connectivity index (χ3v) is 4.20. The molecule has 0 fully saturated rings. The second kappa shape index (κ2) is 6.62. The SMILES string of the molecule is Cc1cccc(COc2ccc(-c3nc(C(=O)O)cs3)cc2)c1. The van der Waals surface area contributed by atoms with Crippen LogP contribution in [0.3, 0.4) is 0 Å². The van der Waals surface area contributed by atoms with Gasteiger partial charge in [0, 0.05) is 10.9 Å². The van der Waals surface area contributed by atoms with Crippen molar-refractivity contribution in [1.29, 1.82) is 0 Å². The number of carboxylic acid groups (broad SMARTS) is 1. The Bertz CT molecular complexity index is 824. The smallest absolute Gasteiger partial charge is 0.355 e. The number of benzene rings is 2. The van der Waals surface area contributed by atoms with Crippen molar-refractivity contribution in [3.63, 3.8) is 0 Å². The minimum absolute atomic E-state index is 0.0739. The maximum Gasteiger partial charge on any atom is 0.355 e. The van der Waals surface area contributed by atoms with E-state index in [2.05, 4.69) is 24.0 Å². The third kappa shape index (κ3) is 3.76. The number of aromatic nitrogens is 1. The Hall–Kier alpha value is -2.66. The lowest BCUT2D eigenvalue weighted by atomic mass is 10.1. The number of hydrogen-bond donors (Lipinski definition) is 1. The molecule has 0 bridgehead atoms. The Labute approximate surface area is 138 Å². The van der Waals surface area contributed by atoms with Crippen molar-refractivity contribution in [3.05, 3.63) is 70.7 Å². The van der Waals surface area contributed by atoms with Gasteiger partial charge >= 0.3 is 5.97 Å². The molecule has 2 aromatic carbocycles. The average Bonchev–Trinajstić information content (AvgIpc) is 3.04. The van der Waals surface area contributed by atoms with Crippen LogP contribution in [0.4, 0.5) is 0 Å². The van der Waals surface area contributed by atoms with E-state index in [0.29, 0.717) is 11.6 Å². The first-order valence-electron chi connectivity index (χ1n) is 7.09. The van der Waals surface area contributed by atoms with E-state index in [1.807, 2.05) is 36.4 Å². The molecule has 0 spiro atoms. The first-order chi connectivity index (χ1) is 11.1. The van der Waals surface area contributed by atoms with Crippen molar-refractivity contribution in [2.45, 2.75) is 13.5 Å². The molecule has 1 aromatic heterocycles. The van der Waals surface area contributed by atoms with E-state index in [1.54, 1.807) is 5.38 Å². The molecule has 0 aliphatic rings. The predicted octanol–water partition coefficient (Wildman–Crippen LogP) is 4.40. The second-order valence-electron chi connectivity index (χ2n) is 5.15. The van der Waals surface area contributed by atoms with Crippen molar-refractivity contribution < 1.29 is 14.6 Å². The molecule has 0 amide bonds. The first kappa shape index (κ1) is 15.2.